The van der Waals surface area contributed by atoms with E-state index in [0.29, 0.717) is 45.1 Å². The van der Waals surface area contributed by atoms with Crippen LogP contribution in [0.2, 0.25) is 10.0 Å². The molecule has 0 saturated heterocycles. The summed E-state index contributed by atoms with van der Waals surface area (Å²) in [5.74, 6) is 0.605. The maximum atomic E-state index is 12.7. The number of aryl methyl sites for hydroxylation is 1. The Kier molecular flexibility index (Phi) is 6.15. The lowest BCUT2D eigenvalue weighted by molar-refractivity contribution is 0.0932. The van der Waals surface area contributed by atoms with E-state index < -0.39 is 0 Å². The van der Waals surface area contributed by atoms with Gasteiger partial charge >= 0.3 is 0 Å². The Labute approximate surface area is 156 Å². The van der Waals surface area contributed by atoms with Gasteiger partial charge in [-0.2, -0.15) is 0 Å². The van der Waals surface area contributed by atoms with Gasteiger partial charge in [0.25, 0.3) is 5.91 Å². The summed E-state index contributed by atoms with van der Waals surface area (Å²) in [5.41, 5.74) is 6.94. The molecule has 1 fully saturated rings. The number of hydrogen-bond donors (Lipinski definition) is 2. The minimum Gasteiger partial charge on any atom is -0.360 e. The third kappa shape index (κ3) is 3.70. The fraction of sp³-hybridized carbons (Fsp3) is 0.375. The van der Waals surface area contributed by atoms with Crippen LogP contribution in [0, 0.1) is 12.8 Å². The van der Waals surface area contributed by atoms with Gasteiger partial charge in [0.2, 0.25) is 0 Å². The van der Waals surface area contributed by atoms with Gasteiger partial charge in [-0.1, -0.05) is 34.4 Å². The number of benzene rings is 1. The fourth-order valence-corrected chi connectivity index (χ4v) is 3.22. The molecule has 0 spiro atoms. The first-order chi connectivity index (χ1) is 11.0. The molecule has 3 N–H and O–H groups in total. The molecule has 1 aliphatic carbocycles. The van der Waals surface area contributed by atoms with Crippen molar-refractivity contribution in [1.29, 1.82) is 0 Å². The lowest BCUT2D eigenvalue weighted by atomic mass is 10.0. The zero-order valence-electron chi connectivity index (χ0n) is 13.0. The van der Waals surface area contributed by atoms with E-state index in [-0.39, 0.29) is 24.4 Å². The van der Waals surface area contributed by atoms with E-state index in [2.05, 4.69) is 10.5 Å². The number of nitrogens with zero attached hydrogens (tertiary/aromatic N) is 1. The van der Waals surface area contributed by atoms with Crippen molar-refractivity contribution in [2.75, 3.05) is 6.54 Å². The maximum Gasteiger partial charge on any atom is 0.257 e. The molecule has 1 atom stereocenters. The predicted octanol–water partition coefficient (Wildman–Crippen LogP) is 3.85. The number of amides is 1. The number of hydrogen-bond acceptors (Lipinski definition) is 4. The lowest BCUT2D eigenvalue weighted by Gasteiger charge is -2.16. The molecule has 0 aliphatic heterocycles. The Morgan fingerprint density at radius 2 is 2.04 bits per heavy atom. The van der Waals surface area contributed by atoms with E-state index in [1.165, 1.54) is 0 Å². The first-order valence-corrected chi connectivity index (χ1v) is 8.20. The summed E-state index contributed by atoms with van der Waals surface area (Å²) in [6, 6.07) is 5.09. The summed E-state index contributed by atoms with van der Waals surface area (Å²) in [6.07, 6.45) is 2.18. The Morgan fingerprint density at radius 1 is 1.42 bits per heavy atom. The number of nitrogens with one attached hydrogen (secondary N) is 1. The topological polar surface area (TPSA) is 81.2 Å². The Bertz CT molecular complexity index is 724. The third-order valence-electron chi connectivity index (χ3n) is 4.05. The quantitative estimate of drug-likeness (QED) is 0.812. The number of aromatic nitrogens is 1. The molecular weight excluding hydrogens is 373 g/mol. The van der Waals surface area contributed by atoms with Gasteiger partial charge < -0.3 is 15.6 Å². The van der Waals surface area contributed by atoms with Crippen molar-refractivity contribution in [2.45, 2.75) is 25.8 Å². The van der Waals surface area contributed by atoms with Crippen molar-refractivity contribution in [2.24, 2.45) is 11.7 Å². The highest BCUT2D eigenvalue weighted by Crippen LogP contribution is 2.37. The SMILES string of the molecule is Cc1onc(-c2c(Cl)cccc2Cl)c1C(=O)NC(CN)C1CC1.Cl. The van der Waals surface area contributed by atoms with E-state index in [4.69, 9.17) is 33.5 Å². The number of rotatable bonds is 5. The first kappa shape index (κ1) is 19.1. The van der Waals surface area contributed by atoms with Crippen molar-refractivity contribution in [3.8, 4) is 11.3 Å². The zero-order chi connectivity index (χ0) is 16.6. The maximum absolute atomic E-state index is 12.7. The molecule has 1 unspecified atom stereocenters. The van der Waals surface area contributed by atoms with E-state index >= 15 is 0 Å². The van der Waals surface area contributed by atoms with Crippen LogP contribution in [0.25, 0.3) is 11.3 Å². The molecule has 130 valence electrons. The molecule has 24 heavy (non-hydrogen) atoms. The molecule has 2 aromatic rings. The zero-order valence-corrected chi connectivity index (χ0v) is 15.3. The lowest BCUT2D eigenvalue weighted by Crippen LogP contribution is -2.42. The average Bonchev–Trinajstić information content (AvgIpc) is 3.28. The molecule has 1 heterocycles. The van der Waals surface area contributed by atoms with Gasteiger partial charge in [-0.3, -0.25) is 4.79 Å². The van der Waals surface area contributed by atoms with E-state index in [1.807, 2.05) is 0 Å². The number of halogens is 3. The van der Waals surface area contributed by atoms with E-state index in [9.17, 15) is 4.79 Å². The van der Waals surface area contributed by atoms with Crippen molar-refractivity contribution in [3.63, 3.8) is 0 Å². The summed E-state index contributed by atoms with van der Waals surface area (Å²) in [6.45, 7) is 2.09. The molecule has 5 nitrogen and oxygen atoms in total. The van der Waals surface area contributed by atoms with Crippen molar-refractivity contribution >= 4 is 41.5 Å². The second kappa shape index (κ2) is 7.74. The molecule has 0 radical (unpaired) electrons. The van der Waals surface area contributed by atoms with Crippen LogP contribution in [-0.4, -0.2) is 23.7 Å². The standard InChI is InChI=1S/C16H17Cl2N3O2.ClH/c1-8-13(16(22)20-12(7-19)9-5-6-9)15(21-23-8)14-10(17)3-2-4-11(14)18;/h2-4,9,12H,5-7,19H2,1H3,(H,20,22);1H. The normalized spacial score (nSPS) is 14.8. The van der Waals surface area contributed by atoms with E-state index in [0.717, 1.165) is 12.8 Å². The van der Waals surface area contributed by atoms with E-state index in [1.54, 1.807) is 25.1 Å². The number of nitrogens with two attached hydrogens (primary N) is 1. The first-order valence-electron chi connectivity index (χ1n) is 7.44. The summed E-state index contributed by atoms with van der Waals surface area (Å²) >= 11 is 12.5. The summed E-state index contributed by atoms with van der Waals surface area (Å²) in [4.78, 5) is 12.7. The Hall–Kier alpha value is -1.27. The Balaban J connectivity index is 0.00000208. The number of carbonyl (C=O) groups is 1. The molecule has 3 rings (SSSR count). The molecule has 1 saturated carbocycles. The second-order valence-electron chi connectivity index (χ2n) is 5.71. The molecule has 1 aromatic carbocycles. The smallest absolute Gasteiger partial charge is 0.257 e. The second-order valence-corrected chi connectivity index (χ2v) is 6.53. The van der Waals surface area contributed by atoms with Gasteiger partial charge in [0.1, 0.15) is 17.0 Å². The summed E-state index contributed by atoms with van der Waals surface area (Å²) < 4.78 is 5.21. The molecule has 1 amide bonds. The molecule has 1 aromatic heterocycles. The van der Waals surface area contributed by atoms with Crippen LogP contribution in [0.4, 0.5) is 0 Å². The van der Waals surface area contributed by atoms with Crippen LogP contribution in [0.5, 0.6) is 0 Å². The number of carbonyl (C=O) groups excluding carboxylic acids is 1. The van der Waals surface area contributed by atoms with Crippen molar-refractivity contribution < 1.29 is 9.32 Å². The van der Waals surface area contributed by atoms with Gasteiger partial charge in [0.15, 0.2) is 0 Å². The van der Waals surface area contributed by atoms with Crippen molar-refractivity contribution in [1.82, 2.24) is 10.5 Å². The minimum atomic E-state index is -0.267. The highest BCUT2D eigenvalue weighted by molar-refractivity contribution is 6.39. The fourth-order valence-electron chi connectivity index (χ4n) is 2.64. The Morgan fingerprint density at radius 3 is 2.58 bits per heavy atom. The van der Waals surface area contributed by atoms with Crippen LogP contribution in [0.3, 0.4) is 0 Å². The third-order valence-corrected chi connectivity index (χ3v) is 4.68. The highest BCUT2D eigenvalue weighted by Gasteiger charge is 2.33. The monoisotopic (exact) mass is 389 g/mol. The minimum absolute atomic E-state index is 0. The highest BCUT2D eigenvalue weighted by atomic mass is 35.5. The van der Waals surface area contributed by atoms with Crippen LogP contribution in [-0.2, 0) is 0 Å². The van der Waals surface area contributed by atoms with Crippen LogP contribution < -0.4 is 11.1 Å². The molecule has 1 aliphatic rings. The van der Waals surface area contributed by atoms with Gasteiger partial charge in [0.05, 0.1) is 10.0 Å². The van der Waals surface area contributed by atoms with Crippen molar-refractivity contribution in [3.05, 3.63) is 39.6 Å². The average molecular weight is 391 g/mol. The van der Waals surface area contributed by atoms with Crippen LogP contribution >= 0.6 is 35.6 Å². The van der Waals surface area contributed by atoms with Gasteiger partial charge in [-0.15, -0.1) is 12.4 Å². The van der Waals surface area contributed by atoms with Gasteiger partial charge in [0, 0.05) is 18.2 Å². The largest absolute Gasteiger partial charge is 0.360 e. The molecule has 8 heteroatoms. The summed E-state index contributed by atoms with van der Waals surface area (Å²) in [7, 11) is 0. The predicted molar refractivity (Wildman–Crippen MR) is 97.0 cm³/mol. The summed E-state index contributed by atoms with van der Waals surface area (Å²) in [5, 5.41) is 7.79. The van der Waals surface area contributed by atoms with Gasteiger partial charge in [-0.25, -0.2) is 0 Å². The molecule has 0 bridgehead atoms. The van der Waals surface area contributed by atoms with Crippen LogP contribution in [0.15, 0.2) is 22.7 Å². The molecular formula is C16H18Cl3N3O2. The van der Waals surface area contributed by atoms with Gasteiger partial charge in [-0.05, 0) is 37.8 Å². The van der Waals surface area contributed by atoms with Crippen LogP contribution in [0.1, 0.15) is 29.0 Å².